The molecule has 118 valence electrons. The zero-order chi connectivity index (χ0) is 15.4. The van der Waals surface area contributed by atoms with Crippen molar-refractivity contribution < 1.29 is 9.53 Å². The van der Waals surface area contributed by atoms with Crippen LogP contribution in [0.4, 0.5) is 10.9 Å². The summed E-state index contributed by atoms with van der Waals surface area (Å²) in [4.78, 5) is 19.0. The van der Waals surface area contributed by atoms with Gasteiger partial charge in [-0.1, -0.05) is 18.3 Å². The molecule has 3 N–H and O–H groups in total. The summed E-state index contributed by atoms with van der Waals surface area (Å²) in [5.41, 5.74) is 5.86. The van der Waals surface area contributed by atoms with E-state index in [1.807, 2.05) is 18.9 Å². The smallest absolute Gasteiger partial charge is 0.265 e. The molecule has 0 aromatic carbocycles. The first-order valence-corrected chi connectivity index (χ1v) is 8.25. The third-order valence-electron chi connectivity index (χ3n) is 3.92. The Hall–Kier alpha value is -1.34. The number of rotatable bonds is 6. The maximum absolute atomic E-state index is 12.3. The molecular weight excluding hydrogens is 288 g/mol. The predicted octanol–water partition coefficient (Wildman–Crippen LogP) is 1.73. The van der Waals surface area contributed by atoms with E-state index in [0.717, 1.165) is 31.1 Å². The predicted molar refractivity (Wildman–Crippen MR) is 85.9 cm³/mol. The maximum atomic E-state index is 12.3. The highest BCUT2D eigenvalue weighted by Crippen LogP contribution is 2.27. The largest absolute Gasteiger partial charge is 0.382 e. The second-order valence-electron chi connectivity index (χ2n) is 5.30. The molecule has 2 atom stereocenters. The zero-order valence-electron chi connectivity index (χ0n) is 12.9. The molecule has 0 radical (unpaired) electrons. The number of aromatic nitrogens is 1. The molecule has 1 saturated heterocycles. The second kappa shape index (κ2) is 7.09. The average molecular weight is 312 g/mol. The highest BCUT2D eigenvalue weighted by atomic mass is 32.1. The maximum Gasteiger partial charge on any atom is 0.265 e. The fraction of sp³-hybridized carbons (Fsp3) is 0.714. The van der Waals surface area contributed by atoms with Crippen LogP contribution in [-0.2, 0) is 4.74 Å². The van der Waals surface area contributed by atoms with Gasteiger partial charge in [0.25, 0.3) is 5.91 Å². The van der Waals surface area contributed by atoms with Gasteiger partial charge in [0.15, 0.2) is 5.13 Å². The number of nitrogen functional groups attached to an aromatic ring is 1. The third kappa shape index (κ3) is 3.65. The van der Waals surface area contributed by atoms with Gasteiger partial charge in [0.05, 0.1) is 6.10 Å². The van der Waals surface area contributed by atoms with Crippen LogP contribution in [0.15, 0.2) is 0 Å². The Bertz CT molecular complexity index is 491. The zero-order valence-corrected chi connectivity index (χ0v) is 13.7. The number of nitrogens with one attached hydrogen (secondary N) is 1. The molecule has 6 nitrogen and oxygen atoms in total. The molecule has 1 aromatic heterocycles. The van der Waals surface area contributed by atoms with Gasteiger partial charge < -0.3 is 20.7 Å². The van der Waals surface area contributed by atoms with Gasteiger partial charge in [-0.2, -0.15) is 0 Å². The number of anilines is 2. The Morgan fingerprint density at radius 1 is 1.57 bits per heavy atom. The molecule has 1 aliphatic rings. The molecule has 1 aromatic rings. The van der Waals surface area contributed by atoms with Gasteiger partial charge in [0.2, 0.25) is 0 Å². The van der Waals surface area contributed by atoms with Crippen molar-refractivity contribution >= 4 is 28.2 Å². The van der Waals surface area contributed by atoms with E-state index in [2.05, 4.69) is 17.2 Å². The third-order valence-corrected chi connectivity index (χ3v) is 5.11. The van der Waals surface area contributed by atoms with E-state index in [-0.39, 0.29) is 12.0 Å². The first-order chi connectivity index (χ1) is 10.1. The molecule has 7 heteroatoms. The van der Waals surface area contributed by atoms with Gasteiger partial charge in [0, 0.05) is 32.7 Å². The van der Waals surface area contributed by atoms with Crippen LogP contribution in [0.3, 0.4) is 0 Å². The molecule has 0 saturated carbocycles. The molecule has 2 rings (SSSR count). The monoisotopic (exact) mass is 312 g/mol. The van der Waals surface area contributed by atoms with Crippen molar-refractivity contribution in [2.24, 2.45) is 5.92 Å². The van der Waals surface area contributed by atoms with Crippen LogP contribution >= 0.6 is 11.3 Å². The minimum absolute atomic E-state index is 0.137. The van der Waals surface area contributed by atoms with E-state index in [1.165, 1.54) is 11.3 Å². The number of nitrogens with two attached hydrogens (primary N) is 1. The van der Waals surface area contributed by atoms with Crippen LogP contribution < -0.4 is 16.0 Å². The highest BCUT2D eigenvalue weighted by molar-refractivity contribution is 7.18. The summed E-state index contributed by atoms with van der Waals surface area (Å²) in [6, 6.07) is 0. The minimum Gasteiger partial charge on any atom is -0.382 e. The van der Waals surface area contributed by atoms with E-state index in [4.69, 9.17) is 10.5 Å². The molecule has 2 unspecified atom stereocenters. The van der Waals surface area contributed by atoms with Crippen LogP contribution in [-0.4, -0.2) is 43.7 Å². The van der Waals surface area contributed by atoms with Gasteiger partial charge in [-0.25, -0.2) is 4.98 Å². The lowest BCUT2D eigenvalue weighted by Crippen LogP contribution is -2.32. The molecular formula is C14H24N4O2S. The number of nitrogens with zero attached hydrogens (tertiary/aromatic N) is 2. The van der Waals surface area contributed by atoms with Gasteiger partial charge in [-0.15, -0.1) is 0 Å². The summed E-state index contributed by atoms with van der Waals surface area (Å²) in [6.45, 7) is 6.38. The molecule has 1 amide bonds. The molecule has 2 heterocycles. The second-order valence-corrected chi connectivity index (χ2v) is 6.28. The summed E-state index contributed by atoms with van der Waals surface area (Å²) >= 11 is 1.34. The van der Waals surface area contributed by atoms with Crippen molar-refractivity contribution in [1.29, 1.82) is 0 Å². The average Bonchev–Trinajstić information content (AvgIpc) is 3.09. The van der Waals surface area contributed by atoms with Crippen LogP contribution in [0, 0.1) is 5.92 Å². The number of amides is 1. The van der Waals surface area contributed by atoms with Gasteiger partial charge in [-0.05, 0) is 19.8 Å². The minimum atomic E-state index is -0.137. The Balaban J connectivity index is 1.95. The number of hydrogen-bond donors (Lipinski definition) is 2. The van der Waals surface area contributed by atoms with E-state index in [0.29, 0.717) is 23.2 Å². The summed E-state index contributed by atoms with van der Waals surface area (Å²) in [5.74, 6) is 0.566. The lowest BCUT2D eigenvalue weighted by atomic mass is 10.00. The van der Waals surface area contributed by atoms with Gasteiger partial charge in [-0.3, -0.25) is 4.79 Å². The summed E-state index contributed by atoms with van der Waals surface area (Å²) < 4.78 is 5.63. The van der Waals surface area contributed by atoms with E-state index >= 15 is 0 Å². The molecule has 21 heavy (non-hydrogen) atoms. The topological polar surface area (TPSA) is 80.5 Å². The molecule has 1 aliphatic heterocycles. The normalized spacial score (nSPS) is 21.5. The first kappa shape index (κ1) is 16.0. The van der Waals surface area contributed by atoms with Crippen LogP contribution in [0.1, 0.15) is 36.4 Å². The Morgan fingerprint density at radius 3 is 3.00 bits per heavy atom. The standard InChI is InChI=1S/C14H24N4O2S/c1-4-10-9(6-7-20-10)8-16-13(19)11-12(15)17-14(21-11)18(3)5-2/h9-10H,4-8,15H2,1-3H3,(H,16,19). The first-order valence-electron chi connectivity index (χ1n) is 7.44. The van der Waals surface area contributed by atoms with E-state index < -0.39 is 0 Å². The van der Waals surface area contributed by atoms with Crippen molar-refractivity contribution in [3.05, 3.63) is 4.88 Å². The Morgan fingerprint density at radius 2 is 2.33 bits per heavy atom. The summed E-state index contributed by atoms with van der Waals surface area (Å²) in [5, 5.41) is 3.74. The molecule has 0 spiro atoms. The fourth-order valence-corrected chi connectivity index (χ4v) is 3.39. The van der Waals surface area contributed by atoms with Crippen molar-refractivity contribution in [3.8, 4) is 0 Å². The van der Waals surface area contributed by atoms with Crippen molar-refractivity contribution in [3.63, 3.8) is 0 Å². The van der Waals surface area contributed by atoms with Gasteiger partial charge >= 0.3 is 0 Å². The molecule has 0 bridgehead atoms. The summed E-state index contributed by atoms with van der Waals surface area (Å²) in [6.07, 6.45) is 2.24. The number of carbonyl (C=O) groups is 1. The number of hydrogen-bond acceptors (Lipinski definition) is 6. The fourth-order valence-electron chi connectivity index (χ4n) is 2.46. The van der Waals surface area contributed by atoms with Gasteiger partial charge in [0.1, 0.15) is 10.7 Å². The van der Waals surface area contributed by atoms with Crippen LogP contribution in [0.25, 0.3) is 0 Å². The Kier molecular flexibility index (Phi) is 5.41. The summed E-state index contributed by atoms with van der Waals surface area (Å²) in [7, 11) is 1.93. The van der Waals surface area contributed by atoms with Crippen molar-refractivity contribution in [2.45, 2.75) is 32.8 Å². The Labute approximate surface area is 129 Å². The van der Waals surface area contributed by atoms with E-state index in [9.17, 15) is 4.79 Å². The van der Waals surface area contributed by atoms with Crippen molar-refractivity contribution in [2.75, 3.05) is 37.4 Å². The highest BCUT2D eigenvalue weighted by Gasteiger charge is 2.27. The lowest BCUT2D eigenvalue weighted by molar-refractivity contribution is 0.0828. The van der Waals surface area contributed by atoms with Crippen LogP contribution in [0.5, 0.6) is 0 Å². The quantitative estimate of drug-likeness (QED) is 0.836. The molecule has 1 fully saturated rings. The van der Waals surface area contributed by atoms with E-state index in [1.54, 1.807) is 0 Å². The SMILES string of the molecule is CCC1OCCC1CNC(=O)c1sc(N(C)CC)nc1N. The lowest BCUT2D eigenvalue weighted by Gasteiger charge is -2.16. The van der Waals surface area contributed by atoms with Crippen LogP contribution in [0.2, 0.25) is 0 Å². The molecule has 0 aliphatic carbocycles. The van der Waals surface area contributed by atoms with Crippen molar-refractivity contribution in [1.82, 2.24) is 10.3 Å². The number of carbonyl (C=O) groups excluding carboxylic acids is 1. The number of thiazole rings is 1. The number of ether oxygens (including phenoxy) is 1.